The van der Waals surface area contributed by atoms with Gasteiger partial charge in [-0.15, -0.1) is 0 Å². The van der Waals surface area contributed by atoms with Crippen molar-refractivity contribution in [2.75, 3.05) is 21.3 Å². The van der Waals surface area contributed by atoms with Crippen molar-refractivity contribution in [1.82, 2.24) is 0 Å². The zero-order valence-electron chi connectivity index (χ0n) is 16.3. The summed E-state index contributed by atoms with van der Waals surface area (Å²) in [5.41, 5.74) is -0.434. The number of unbranched alkanes of at least 4 members (excludes halogenated alkanes) is 2. The second-order valence-corrected chi connectivity index (χ2v) is 6.49. The molecule has 0 saturated heterocycles. The van der Waals surface area contributed by atoms with Crippen LogP contribution in [0.3, 0.4) is 0 Å². The van der Waals surface area contributed by atoms with Gasteiger partial charge >= 0.3 is 5.97 Å². The Bertz CT molecular complexity index is 569. The van der Waals surface area contributed by atoms with Crippen molar-refractivity contribution < 1.29 is 24.1 Å². The lowest BCUT2D eigenvalue weighted by Crippen LogP contribution is -2.40. The first-order valence-corrected chi connectivity index (χ1v) is 8.94. The number of methoxy groups -OCH3 is 3. The van der Waals surface area contributed by atoms with Crippen LogP contribution >= 0.6 is 0 Å². The van der Waals surface area contributed by atoms with E-state index >= 15 is 0 Å². The average Bonchev–Trinajstić information content (AvgIpc) is 2.62. The lowest BCUT2D eigenvalue weighted by atomic mass is 9.68. The van der Waals surface area contributed by atoms with E-state index in [4.69, 9.17) is 14.2 Å². The van der Waals surface area contributed by atoms with Gasteiger partial charge in [0.2, 0.25) is 5.75 Å². The Kier molecular flexibility index (Phi) is 8.07. The Morgan fingerprint density at radius 2 is 1.72 bits per heavy atom. The summed E-state index contributed by atoms with van der Waals surface area (Å²) < 4.78 is 16.3. The zero-order valence-corrected chi connectivity index (χ0v) is 16.3. The molecule has 5 heteroatoms. The molecule has 1 rings (SSSR count). The molecule has 0 spiro atoms. The van der Waals surface area contributed by atoms with E-state index in [0.717, 1.165) is 32.1 Å². The minimum absolute atomic E-state index is 0.00329. The van der Waals surface area contributed by atoms with Gasteiger partial charge in [-0.05, 0) is 25.3 Å². The summed E-state index contributed by atoms with van der Waals surface area (Å²) >= 11 is 0. The Morgan fingerprint density at radius 1 is 1.08 bits per heavy atom. The fraction of sp³-hybridized carbons (Fsp3) is 0.650. The van der Waals surface area contributed by atoms with Crippen molar-refractivity contribution in [3.05, 3.63) is 17.7 Å². The Hall–Kier alpha value is -1.91. The molecule has 0 aromatic heterocycles. The van der Waals surface area contributed by atoms with Crippen LogP contribution in [0, 0.1) is 5.92 Å². The molecule has 0 fully saturated rings. The number of carbonyl (C=O) groups is 1. The number of carboxylic acid groups (broad SMARTS) is 1. The van der Waals surface area contributed by atoms with Crippen LogP contribution in [0.2, 0.25) is 0 Å². The summed E-state index contributed by atoms with van der Waals surface area (Å²) in [5, 5.41) is 10.1. The summed E-state index contributed by atoms with van der Waals surface area (Å²) in [4.78, 5) is 12.3. The van der Waals surface area contributed by atoms with E-state index in [0.29, 0.717) is 22.8 Å². The van der Waals surface area contributed by atoms with Gasteiger partial charge in [-0.2, -0.15) is 0 Å². The van der Waals surface area contributed by atoms with Gasteiger partial charge in [0.1, 0.15) is 0 Å². The van der Waals surface area contributed by atoms with Crippen molar-refractivity contribution in [2.24, 2.45) is 5.92 Å². The van der Waals surface area contributed by atoms with Crippen molar-refractivity contribution in [1.29, 1.82) is 0 Å². The van der Waals surface area contributed by atoms with Crippen molar-refractivity contribution in [2.45, 2.75) is 58.3 Å². The second-order valence-electron chi connectivity index (χ2n) is 6.49. The van der Waals surface area contributed by atoms with Gasteiger partial charge in [-0.25, -0.2) is 0 Å². The van der Waals surface area contributed by atoms with Crippen LogP contribution in [-0.2, 0) is 10.2 Å². The second kappa shape index (κ2) is 9.54. The van der Waals surface area contributed by atoms with Crippen LogP contribution < -0.4 is 14.2 Å². The molecule has 5 nitrogen and oxygen atoms in total. The summed E-state index contributed by atoms with van der Waals surface area (Å²) in [6, 6.07) is 3.54. The highest BCUT2D eigenvalue weighted by molar-refractivity contribution is 5.83. The molecule has 142 valence electrons. The third kappa shape index (κ3) is 4.20. The van der Waals surface area contributed by atoms with Gasteiger partial charge in [0.15, 0.2) is 11.5 Å². The molecule has 0 saturated carbocycles. The molecule has 0 aliphatic rings. The van der Waals surface area contributed by atoms with E-state index in [9.17, 15) is 9.90 Å². The molecule has 1 aromatic carbocycles. The normalized spacial score (nSPS) is 14.5. The van der Waals surface area contributed by atoms with Crippen LogP contribution in [0.1, 0.15) is 58.4 Å². The minimum Gasteiger partial charge on any atom is -0.493 e. The number of aliphatic carboxylic acids is 1. The smallest absolute Gasteiger partial charge is 0.314 e. The first-order valence-electron chi connectivity index (χ1n) is 8.94. The van der Waals surface area contributed by atoms with E-state index in [1.807, 2.05) is 6.92 Å². The van der Waals surface area contributed by atoms with Gasteiger partial charge < -0.3 is 19.3 Å². The quantitative estimate of drug-likeness (QED) is 0.587. The molecule has 0 amide bonds. The van der Waals surface area contributed by atoms with Crippen LogP contribution in [0.4, 0.5) is 0 Å². The number of hydrogen-bond acceptors (Lipinski definition) is 4. The predicted octanol–water partition coefficient (Wildman–Crippen LogP) is 4.66. The molecule has 2 atom stereocenters. The first-order chi connectivity index (χ1) is 11.9. The predicted molar refractivity (Wildman–Crippen MR) is 99.0 cm³/mol. The maximum atomic E-state index is 12.3. The molecule has 0 aliphatic heterocycles. The van der Waals surface area contributed by atoms with E-state index in [1.165, 1.54) is 14.2 Å². The number of ether oxygens (including phenoxy) is 3. The monoisotopic (exact) mass is 352 g/mol. The SMILES string of the molecule is CCCCCC(CC)C(C)(C(=O)O)c1ccc(OC)c(OC)c1OC. The molecule has 25 heavy (non-hydrogen) atoms. The topological polar surface area (TPSA) is 65.0 Å². The fourth-order valence-electron chi connectivity index (χ4n) is 3.56. The van der Waals surface area contributed by atoms with Gasteiger partial charge in [0, 0.05) is 5.56 Å². The van der Waals surface area contributed by atoms with Crippen LogP contribution in [0.15, 0.2) is 12.1 Å². The molecular weight excluding hydrogens is 320 g/mol. The van der Waals surface area contributed by atoms with E-state index in [1.54, 1.807) is 26.2 Å². The zero-order chi connectivity index (χ0) is 19.0. The summed E-state index contributed by atoms with van der Waals surface area (Å²) in [6.07, 6.45) is 4.89. The van der Waals surface area contributed by atoms with Crippen molar-refractivity contribution in [3.63, 3.8) is 0 Å². The maximum Gasteiger partial charge on any atom is 0.314 e. The Labute approximate surface area is 151 Å². The molecule has 0 radical (unpaired) electrons. The highest BCUT2D eigenvalue weighted by Crippen LogP contribution is 2.48. The maximum absolute atomic E-state index is 12.3. The molecular formula is C20H32O5. The molecule has 0 bridgehead atoms. The number of rotatable bonds is 11. The van der Waals surface area contributed by atoms with E-state index in [-0.39, 0.29) is 5.92 Å². The third-order valence-electron chi connectivity index (χ3n) is 5.17. The van der Waals surface area contributed by atoms with Gasteiger partial charge in [0.05, 0.1) is 26.7 Å². The van der Waals surface area contributed by atoms with Gasteiger partial charge in [0.25, 0.3) is 0 Å². The third-order valence-corrected chi connectivity index (χ3v) is 5.17. The minimum atomic E-state index is -1.06. The number of hydrogen-bond donors (Lipinski definition) is 1. The van der Waals surface area contributed by atoms with Crippen molar-refractivity contribution >= 4 is 5.97 Å². The van der Waals surface area contributed by atoms with Crippen LogP contribution in [-0.4, -0.2) is 32.4 Å². The summed E-state index contributed by atoms with van der Waals surface area (Å²) in [7, 11) is 4.61. The fourth-order valence-corrected chi connectivity index (χ4v) is 3.56. The summed E-state index contributed by atoms with van der Waals surface area (Å²) in [6.45, 7) is 5.99. The summed E-state index contributed by atoms with van der Waals surface area (Å²) in [5.74, 6) is 0.541. The number of carboxylic acids is 1. The largest absolute Gasteiger partial charge is 0.493 e. The highest BCUT2D eigenvalue weighted by atomic mass is 16.5. The number of benzene rings is 1. The molecule has 0 aliphatic carbocycles. The highest BCUT2D eigenvalue weighted by Gasteiger charge is 2.44. The van der Waals surface area contributed by atoms with E-state index in [2.05, 4.69) is 6.92 Å². The standard InChI is InChI=1S/C20H32O5/c1-7-9-10-11-14(8-2)20(3,19(21)22)15-12-13-16(23-4)18(25-6)17(15)24-5/h12-14H,7-11H2,1-6H3,(H,21,22). The van der Waals surface area contributed by atoms with Crippen LogP contribution in [0.5, 0.6) is 17.2 Å². The van der Waals surface area contributed by atoms with Gasteiger partial charge in [-0.1, -0.05) is 45.6 Å². The Morgan fingerprint density at radius 3 is 2.16 bits per heavy atom. The van der Waals surface area contributed by atoms with Crippen molar-refractivity contribution in [3.8, 4) is 17.2 Å². The first kappa shape index (κ1) is 21.1. The molecule has 0 heterocycles. The average molecular weight is 352 g/mol. The lowest BCUT2D eigenvalue weighted by molar-refractivity contribution is -0.145. The molecule has 1 aromatic rings. The Balaban J connectivity index is 3.49. The van der Waals surface area contributed by atoms with Crippen LogP contribution in [0.25, 0.3) is 0 Å². The lowest BCUT2D eigenvalue weighted by Gasteiger charge is -2.35. The molecule has 2 unspecified atom stereocenters. The molecule has 1 N–H and O–H groups in total. The van der Waals surface area contributed by atoms with E-state index < -0.39 is 11.4 Å². The van der Waals surface area contributed by atoms with Gasteiger partial charge in [-0.3, -0.25) is 4.79 Å².